The van der Waals surface area contributed by atoms with Gasteiger partial charge in [0.2, 0.25) is 5.91 Å². The van der Waals surface area contributed by atoms with Gasteiger partial charge >= 0.3 is 6.09 Å². The van der Waals surface area contributed by atoms with Crippen molar-refractivity contribution < 1.29 is 38.4 Å². The van der Waals surface area contributed by atoms with Crippen molar-refractivity contribution in [3.8, 4) is 16.9 Å². The van der Waals surface area contributed by atoms with E-state index in [9.17, 15) is 19.5 Å². The van der Waals surface area contributed by atoms with Gasteiger partial charge in [0, 0.05) is 22.1 Å². The summed E-state index contributed by atoms with van der Waals surface area (Å²) in [4.78, 5) is 41.1. The Labute approximate surface area is 330 Å². The van der Waals surface area contributed by atoms with E-state index < -0.39 is 24.3 Å². The van der Waals surface area contributed by atoms with Crippen molar-refractivity contribution in [3.05, 3.63) is 155 Å². The van der Waals surface area contributed by atoms with Crippen molar-refractivity contribution in [3.63, 3.8) is 0 Å². The molecule has 0 spiro atoms. The number of aliphatic hydroxyl groups is 1. The topological polar surface area (TPSA) is 124 Å². The van der Waals surface area contributed by atoms with Gasteiger partial charge in [-0.3, -0.25) is 14.5 Å². The van der Waals surface area contributed by atoms with Gasteiger partial charge in [-0.15, -0.1) is 11.8 Å². The molecule has 0 bridgehead atoms. The molecule has 2 aliphatic heterocycles. The first kappa shape index (κ1) is 38.8. The minimum absolute atomic E-state index is 0.0188. The van der Waals surface area contributed by atoms with Crippen LogP contribution in [-0.2, 0) is 43.6 Å². The number of imide groups is 1. The molecule has 0 radical (unpaired) electrons. The van der Waals surface area contributed by atoms with Crippen molar-refractivity contribution >= 4 is 29.7 Å². The average Bonchev–Trinajstić information content (AvgIpc) is 3.50. The lowest BCUT2D eigenvalue weighted by atomic mass is 9.91. The molecule has 0 saturated carbocycles. The number of methoxy groups -OCH3 is 1. The number of para-hydroxylation sites is 1. The molecule has 7 rings (SSSR count). The summed E-state index contributed by atoms with van der Waals surface area (Å²) in [6.45, 7) is 2.22. The van der Waals surface area contributed by atoms with E-state index in [2.05, 4.69) is 12.2 Å². The molecule has 0 aromatic heterocycles. The molecule has 56 heavy (non-hydrogen) atoms. The van der Waals surface area contributed by atoms with Crippen molar-refractivity contribution in [2.45, 2.75) is 62.5 Å². The fraction of sp³-hybridized carbons (Fsp3) is 0.267. The number of likely N-dealkylation sites (tertiary alicyclic amines) is 1. The van der Waals surface area contributed by atoms with Crippen LogP contribution < -0.4 is 10.1 Å². The van der Waals surface area contributed by atoms with Gasteiger partial charge in [-0.05, 0) is 45.5 Å². The molecule has 5 atom stereocenters. The summed E-state index contributed by atoms with van der Waals surface area (Å²) in [7, 11) is 1.67. The maximum Gasteiger partial charge on any atom is 0.408 e. The van der Waals surface area contributed by atoms with Crippen molar-refractivity contribution in [2.24, 2.45) is 5.92 Å². The molecule has 5 aromatic carbocycles. The minimum atomic E-state index is -0.996. The van der Waals surface area contributed by atoms with Gasteiger partial charge in [-0.1, -0.05) is 122 Å². The van der Waals surface area contributed by atoms with Gasteiger partial charge in [0.15, 0.2) is 6.29 Å². The van der Waals surface area contributed by atoms with E-state index in [-0.39, 0.29) is 50.2 Å². The summed E-state index contributed by atoms with van der Waals surface area (Å²) < 4.78 is 24.3. The molecule has 0 aliphatic carbocycles. The average molecular weight is 773 g/mol. The predicted octanol–water partition coefficient (Wildman–Crippen LogP) is 7.99. The highest BCUT2D eigenvalue weighted by Gasteiger charge is 2.41. The first-order valence-electron chi connectivity index (χ1n) is 18.6. The Kier molecular flexibility index (Phi) is 12.5. The second-order valence-electron chi connectivity index (χ2n) is 13.8. The molecule has 3 amide bonds. The molecule has 2 aliphatic rings. The van der Waals surface area contributed by atoms with Crippen molar-refractivity contribution in [2.75, 3.05) is 12.9 Å². The highest BCUT2D eigenvalue weighted by molar-refractivity contribution is 7.99. The van der Waals surface area contributed by atoms with E-state index in [1.54, 1.807) is 18.9 Å². The van der Waals surface area contributed by atoms with Gasteiger partial charge in [0.1, 0.15) is 18.4 Å². The van der Waals surface area contributed by atoms with Crippen LogP contribution in [0.25, 0.3) is 11.1 Å². The summed E-state index contributed by atoms with van der Waals surface area (Å²) in [5.41, 5.74) is 6.05. The molecule has 10 nitrogen and oxygen atoms in total. The van der Waals surface area contributed by atoms with E-state index in [1.165, 1.54) is 4.90 Å². The number of hydrogen-bond donors (Lipinski definition) is 2. The van der Waals surface area contributed by atoms with Crippen LogP contribution in [0.1, 0.15) is 53.6 Å². The van der Waals surface area contributed by atoms with Crippen LogP contribution in [0.4, 0.5) is 4.79 Å². The third-order valence-corrected chi connectivity index (χ3v) is 11.3. The first-order chi connectivity index (χ1) is 27.3. The molecular formula is C45H44N2O8S. The van der Waals surface area contributed by atoms with Crippen LogP contribution in [0, 0.1) is 5.92 Å². The fourth-order valence-corrected chi connectivity index (χ4v) is 8.21. The summed E-state index contributed by atoms with van der Waals surface area (Å²) in [6.07, 6.45) is -1.96. The van der Waals surface area contributed by atoms with Crippen LogP contribution in [0.2, 0.25) is 0 Å². The van der Waals surface area contributed by atoms with Crippen LogP contribution in [0.15, 0.2) is 132 Å². The van der Waals surface area contributed by atoms with Gasteiger partial charge in [-0.2, -0.15) is 0 Å². The molecule has 288 valence electrons. The van der Waals surface area contributed by atoms with Crippen LogP contribution in [0.5, 0.6) is 5.75 Å². The number of amides is 3. The Hall–Kier alpha value is -5.46. The Morgan fingerprint density at radius 2 is 1.54 bits per heavy atom. The van der Waals surface area contributed by atoms with Gasteiger partial charge in [0.25, 0.3) is 5.91 Å². The summed E-state index contributed by atoms with van der Waals surface area (Å²) in [6, 6.07) is 39.6. The van der Waals surface area contributed by atoms with E-state index in [0.29, 0.717) is 5.75 Å². The molecule has 2 saturated heterocycles. The summed E-state index contributed by atoms with van der Waals surface area (Å²) >= 11 is 1.68. The molecule has 2 fully saturated rings. The Morgan fingerprint density at radius 1 is 0.839 bits per heavy atom. The van der Waals surface area contributed by atoms with E-state index in [0.717, 1.165) is 49.6 Å². The molecular weight excluding hydrogens is 729 g/mol. The summed E-state index contributed by atoms with van der Waals surface area (Å²) in [5, 5.41) is 12.2. The summed E-state index contributed by atoms with van der Waals surface area (Å²) in [5.74, 6) is 0.669. The number of nitrogens with zero attached hydrogens (tertiary/aromatic N) is 1. The normalized spacial score (nSPS) is 20.8. The SMILES string of the molecule is COc1ccccc1SC[C@H]1O[C@@H](c2ccc(-c3ccccc3CN3C(=O)CC(NC(=O)OCc4ccccc4)C3=O)cc2)O[C@@H](c2ccc(CO)cc2)[C@H]1C. The maximum absolute atomic E-state index is 13.4. The number of benzene rings is 5. The fourth-order valence-electron chi connectivity index (χ4n) is 7.02. The number of rotatable bonds is 13. The van der Waals surface area contributed by atoms with E-state index in [4.69, 9.17) is 18.9 Å². The van der Waals surface area contributed by atoms with Crippen molar-refractivity contribution in [1.29, 1.82) is 0 Å². The second-order valence-corrected chi connectivity index (χ2v) is 14.9. The Balaban J connectivity index is 1.05. The van der Waals surface area contributed by atoms with Gasteiger partial charge < -0.3 is 29.4 Å². The standard InChI is InChI=1S/C45H44N2O8S/c1-29-39(28-56-40-15-9-8-14-38(40)52-2)54-44(55-42(29)33-18-16-30(26-48)17-19-33)34-22-20-32(21-23-34)36-13-7-6-12-35(36)25-47-41(49)24-37(43(47)50)46-45(51)53-27-31-10-4-3-5-11-31/h3-23,29,37,39,42,44,48H,24-28H2,1-2H3,(H,46,51)/t29-,37?,39+,42+,44+/m0/s1. The third kappa shape index (κ3) is 8.98. The number of carbonyl (C=O) groups excluding carboxylic acids is 3. The molecule has 11 heteroatoms. The minimum Gasteiger partial charge on any atom is -0.496 e. The third-order valence-electron chi connectivity index (χ3n) is 10.2. The second kappa shape index (κ2) is 18.0. The lowest BCUT2D eigenvalue weighted by Gasteiger charge is -2.41. The number of thioether (sulfide) groups is 1. The van der Waals surface area contributed by atoms with Gasteiger partial charge in [0.05, 0.1) is 38.9 Å². The van der Waals surface area contributed by atoms with E-state index in [1.807, 2.05) is 127 Å². The molecule has 2 heterocycles. The number of ether oxygens (including phenoxy) is 4. The quantitative estimate of drug-likeness (QED) is 0.0906. The van der Waals surface area contributed by atoms with Gasteiger partial charge in [-0.25, -0.2) is 4.79 Å². The number of nitrogens with one attached hydrogen (secondary N) is 1. The smallest absolute Gasteiger partial charge is 0.408 e. The number of alkyl carbamates (subject to hydrolysis) is 1. The van der Waals surface area contributed by atoms with Crippen LogP contribution >= 0.6 is 11.8 Å². The Morgan fingerprint density at radius 3 is 2.29 bits per heavy atom. The number of carbonyl (C=O) groups is 3. The van der Waals surface area contributed by atoms with Crippen molar-refractivity contribution in [1.82, 2.24) is 10.2 Å². The highest BCUT2D eigenvalue weighted by atomic mass is 32.2. The zero-order valence-corrected chi connectivity index (χ0v) is 32.0. The monoisotopic (exact) mass is 772 g/mol. The van der Waals surface area contributed by atoms with Crippen LogP contribution in [0.3, 0.4) is 0 Å². The lowest BCUT2D eigenvalue weighted by Crippen LogP contribution is -2.41. The number of hydrogen-bond acceptors (Lipinski definition) is 9. The molecule has 5 aromatic rings. The number of aliphatic hydroxyl groups excluding tert-OH is 1. The lowest BCUT2D eigenvalue weighted by molar-refractivity contribution is -0.268. The molecule has 2 N–H and O–H groups in total. The maximum atomic E-state index is 13.4. The highest BCUT2D eigenvalue weighted by Crippen LogP contribution is 2.44. The van der Waals surface area contributed by atoms with Crippen LogP contribution in [-0.4, -0.2) is 52.9 Å². The largest absolute Gasteiger partial charge is 0.496 e. The Bertz CT molecular complexity index is 2130. The van der Waals surface area contributed by atoms with E-state index >= 15 is 0 Å². The molecule has 1 unspecified atom stereocenters. The first-order valence-corrected chi connectivity index (χ1v) is 19.6. The zero-order valence-electron chi connectivity index (χ0n) is 31.2. The predicted molar refractivity (Wildman–Crippen MR) is 212 cm³/mol. The zero-order chi connectivity index (χ0) is 39.0.